The second-order valence-corrected chi connectivity index (χ2v) is 8.26. The summed E-state index contributed by atoms with van der Waals surface area (Å²) in [5.41, 5.74) is 14.7. The van der Waals surface area contributed by atoms with Crippen molar-refractivity contribution in [2.24, 2.45) is 11.5 Å². The van der Waals surface area contributed by atoms with Crippen molar-refractivity contribution >= 4 is 23.2 Å². The normalized spacial score (nSPS) is 22.2. The lowest BCUT2D eigenvalue weighted by molar-refractivity contribution is -0.124. The molecule has 158 valence electrons. The first-order chi connectivity index (χ1) is 14.6. The molecule has 2 aliphatic heterocycles. The van der Waals surface area contributed by atoms with Crippen LogP contribution in [0.2, 0.25) is 0 Å². The zero-order valence-corrected chi connectivity index (χ0v) is 17.3. The molecular weight excluding hydrogens is 376 g/mol. The summed E-state index contributed by atoms with van der Waals surface area (Å²) in [5, 5.41) is 0. The molecule has 2 fully saturated rings. The van der Waals surface area contributed by atoms with Gasteiger partial charge in [-0.1, -0.05) is 24.3 Å². The van der Waals surface area contributed by atoms with E-state index in [1.165, 1.54) is 0 Å². The minimum Gasteiger partial charge on any atom is -0.367 e. The molecule has 0 bridgehead atoms. The lowest BCUT2D eigenvalue weighted by Gasteiger charge is -2.47. The summed E-state index contributed by atoms with van der Waals surface area (Å²) in [4.78, 5) is 29.2. The molecule has 0 radical (unpaired) electrons. The predicted octanol–water partition coefficient (Wildman–Crippen LogP) is 3.03. The molecule has 2 aromatic carbocycles. The van der Waals surface area contributed by atoms with E-state index in [-0.39, 0.29) is 11.8 Å². The van der Waals surface area contributed by atoms with E-state index in [1.807, 2.05) is 53.4 Å². The first-order valence-electron chi connectivity index (χ1n) is 10.8. The molecule has 2 aromatic rings. The summed E-state index contributed by atoms with van der Waals surface area (Å²) in [5.74, 6) is -0.163. The second-order valence-electron chi connectivity index (χ2n) is 8.26. The van der Waals surface area contributed by atoms with Crippen LogP contribution in [0.4, 0.5) is 11.4 Å². The van der Waals surface area contributed by atoms with Gasteiger partial charge in [0.2, 0.25) is 11.8 Å². The highest BCUT2D eigenvalue weighted by Gasteiger charge is 2.46. The Morgan fingerprint density at radius 2 is 1.70 bits per heavy atom. The zero-order chi connectivity index (χ0) is 21.1. The fourth-order valence-corrected chi connectivity index (χ4v) is 4.87. The number of anilines is 2. The summed E-state index contributed by atoms with van der Waals surface area (Å²) >= 11 is 0. The van der Waals surface area contributed by atoms with Gasteiger partial charge < -0.3 is 21.3 Å². The van der Waals surface area contributed by atoms with Crippen LogP contribution in [-0.2, 0) is 21.7 Å². The number of nitrogens with zero attached hydrogens (tertiary/aromatic N) is 2. The van der Waals surface area contributed by atoms with E-state index in [0.717, 1.165) is 61.3 Å². The highest BCUT2D eigenvalue weighted by atomic mass is 16.2. The Labute approximate surface area is 177 Å². The first-order valence-corrected chi connectivity index (χ1v) is 10.8. The Morgan fingerprint density at radius 3 is 2.40 bits per heavy atom. The van der Waals surface area contributed by atoms with Gasteiger partial charge in [0.05, 0.1) is 0 Å². The van der Waals surface area contributed by atoms with Crippen molar-refractivity contribution in [1.29, 1.82) is 0 Å². The van der Waals surface area contributed by atoms with Gasteiger partial charge in [0.1, 0.15) is 5.54 Å². The fourth-order valence-electron chi connectivity index (χ4n) is 4.87. The molecule has 0 spiro atoms. The van der Waals surface area contributed by atoms with Gasteiger partial charge in [0.15, 0.2) is 0 Å². The highest BCUT2D eigenvalue weighted by Crippen LogP contribution is 2.41. The Hall–Kier alpha value is -2.86. The zero-order valence-electron chi connectivity index (χ0n) is 17.3. The molecule has 1 atom stereocenters. The minimum absolute atomic E-state index is 0.178. The monoisotopic (exact) mass is 406 g/mol. The molecule has 0 aliphatic carbocycles. The number of nitrogens with two attached hydrogens (primary N) is 2. The summed E-state index contributed by atoms with van der Waals surface area (Å²) in [7, 11) is 0. The standard InChI is InChI=1S/C24H30N4O2/c25-17-18-6-5-7-19(16-18)24(23(26)30)13-2-4-15-28(24)21-11-9-20(10-12-21)27-14-3-1-8-22(27)29/h5-7,9-12,16H,1-4,8,13-15,17,25H2,(H2,26,30). The second kappa shape index (κ2) is 8.48. The van der Waals surface area contributed by atoms with Crippen molar-refractivity contribution in [1.82, 2.24) is 0 Å². The van der Waals surface area contributed by atoms with E-state index >= 15 is 0 Å². The molecule has 4 rings (SSSR count). The Kier molecular flexibility index (Phi) is 5.77. The molecule has 0 saturated carbocycles. The van der Waals surface area contributed by atoms with Gasteiger partial charge in [-0.15, -0.1) is 0 Å². The van der Waals surface area contributed by atoms with Crippen LogP contribution in [0.15, 0.2) is 48.5 Å². The minimum atomic E-state index is -0.897. The topological polar surface area (TPSA) is 92.7 Å². The number of hydrogen-bond acceptors (Lipinski definition) is 4. The maximum absolute atomic E-state index is 12.9. The van der Waals surface area contributed by atoms with E-state index in [9.17, 15) is 9.59 Å². The number of hydrogen-bond donors (Lipinski definition) is 2. The molecule has 2 saturated heterocycles. The third kappa shape index (κ3) is 3.56. The molecule has 6 nitrogen and oxygen atoms in total. The average molecular weight is 407 g/mol. The molecule has 2 heterocycles. The molecule has 30 heavy (non-hydrogen) atoms. The van der Waals surface area contributed by atoms with Gasteiger partial charge in [-0.25, -0.2) is 0 Å². The van der Waals surface area contributed by atoms with Crippen LogP contribution in [0.1, 0.15) is 49.7 Å². The third-order valence-corrected chi connectivity index (χ3v) is 6.48. The summed E-state index contributed by atoms with van der Waals surface area (Å²) in [6.45, 7) is 1.93. The van der Waals surface area contributed by atoms with Gasteiger partial charge in [0.25, 0.3) is 0 Å². The van der Waals surface area contributed by atoms with Gasteiger partial charge in [0, 0.05) is 37.4 Å². The summed E-state index contributed by atoms with van der Waals surface area (Å²) in [6, 6.07) is 15.9. The van der Waals surface area contributed by atoms with Crippen LogP contribution >= 0.6 is 0 Å². The first kappa shape index (κ1) is 20.4. The molecule has 4 N–H and O–H groups in total. The summed E-state index contributed by atoms with van der Waals surface area (Å²) in [6.07, 6.45) is 5.20. The number of piperidine rings is 2. The van der Waals surface area contributed by atoms with Crippen molar-refractivity contribution in [3.63, 3.8) is 0 Å². The average Bonchev–Trinajstić information content (AvgIpc) is 2.79. The SMILES string of the molecule is NCc1cccc(C2(C(N)=O)CCCCN2c2ccc(N3CCCCC3=O)cc2)c1. The molecular formula is C24H30N4O2. The van der Waals surface area contributed by atoms with Crippen molar-refractivity contribution in [3.05, 3.63) is 59.7 Å². The van der Waals surface area contributed by atoms with E-state index in [4.69, 9.17) is 11.5 Å². The van der Waals surface area contributed by atoms with Gasteiger partial charge >= 0.3 is 0 Å². The lowest BCUT2D eigenvalue weighted by atomic mass is 9.78. The smallest absolute Gasteiger partial charge is 0.247 e. The molecule has 6 heteroatoms. The van der Waals surface area contributed by atoms with Crippen molar-refractivity contribution < 1.29 is 9.59 Å². The van der Waals surface area contributed by atoms with Crippen LogP contribution in [0.5, 0.6) is 0 Å². The number of primary amides is 1. The van der Waals surface area contributed by atoms with E-state index in [1.54, 1.807) is 0 Å². The third-order valence-electron chi connectivity index (χ3n) is 6.48. The van der Waals surface area contributed by atoms with Crippen LogP contribution in [-0.4, -0.2) is 24.9 Å². The number of benzene rings is 2. The van der Waals surface area contributed by atoms with Crippen LogP contribution in [0.25, 0.3) is 0 Å². The van der Waals surface area contributed by atoms with Crippen LogP contribution in [0.3, 0.4) is 0 Å². The van der Waals surface area contributed by atoms with Crippen molar-refractivity contribution in [2.75, 3.05) is 22.9 Å². The van der Waals surface area contributed by atoms with E-state index in [2.05, 4.69) is 4.90 Å². The number of amides is 2. The number of rotatable bonds is 5. The van der Waals surface area contributed by atoms with Crippen LogP contribution < -0.4 is 21.3 Å². The van der Waals surface area contributed by atoms with Crippen molar-refractivity contribution in [2.45, 2.75) is 50.6 Å². The number of carbonyl (C=O) groups is 2. The van der Waals surface area contributed by atoms with Gasteiger partial charge in [-0.3, -0.25) is 9.59 Å². The quantitative estimate of drug-likeness (QED) is 0.798. The molecule has 1 unspecified atom stereocenters. The summed E-state index contributed by atoms with van der Waals surface area (Å²) < 4.78 is 0. The molecule has 0 aromatic heterocycles. The molecule has 2 aliphatic rings. The van der Waals surface area contributed by atoms with E-state index in [0.29, 0.717) is 19.4 Å². The maximum Gasteiger partial charge on any atom is 0.247 e. The number of carbonyl (C=O) groups excluding carboxylic acids is 2. The van der Waals surface area contributed by atoms with Crippen molar-refractivity contribution in [3.8, 4) is 0 Å². The van der Waals surface area contributed by atoms with Crippen LogP contribution in [0, 0.1) is 0 Å². The van der Waals surface area contributed by atoms with Gasteiger partial charge in [-0.2, -0.15) is 0 Å². The van der Waals surface area contributed by atoms with Gasteiger partial charge in [-0.05, 0) is 67.5 Å². The maximum atomic E-state index is 12.9. The predicted molar refractivity (Wildman–Crippen MR) is 119 cm³/mol. The Bertz CT molecular complexity index is 927. The van der Waals surface area contributed by atoms with E-state index < -0.39 is 5.54 Å². The highest BCUT2D eigenvalue weighted by molar-refractivity contribution is 5.94. The lowest BCUT2D eigenvalue weighted by Crippen LogP contribution is -2.57. The largest absolute Gasteiger partial charge is 0.367 e. The Balaban J connectivity index is 1.71. The Morgan fingerprint density at radius 1 is 0.967 bits per heavy atom. The fraction of sp³-hybridized carbons (Fsp3) is 0.417. The molecule has 2 amide bonds.